The van der Waals surface area contributed by atoms with Gasteiger partial charge in [-0.2, -0.15) is 0 Å². The van der Waals surface area contributed by atoms with Gasteiger partial charge in [-0.15, -0.1) is 0 Å². The van der Waals surface area contributed by atoms with Crippen LogP contribution in [0, 0.1) is 13.8 Å². The lowest BCUT2D eigenvalue weighted by molar-refractivity contribution is -0.132. The highest BCUT2D eigenvalue weighted by atomic mass is 16.3. The number of carbonyl (C=O) groups excluding carboxylic acids is 2. The SMILES string of the molecule is Cc1cc(C(=O)NNC(C(=O)N2CCCC2)c2ccccc2)c(C)o1. The largest absolute Gasteiger partial charge is 0.466 e. The van der Waals surface area contributed by atoms with Crippen LogP contribution in [0.1, 0.15) is 46.3 Å². The Labute approximate surface area is 147 Å². The Balaban J connectivity index is 1.74. The molecule has 1 aliphatic heterocycles. The molecule has 1 aromatic heterocycles. The van der Waals surface area contributed by atoms with Crippen molar-refractivity contribution in [2.24, 2.45) is 0 Å². The first-order valence-corrected chi connectivity index (χ1v) is 8.53. The Morgan fingerprint density at radius 2 is 1.80 bits per heavy atom. The summed E-state index contributed by atoms with van der Waals surface area (Å²) in [4.78, 5) is 27.1. The lowest BCUT2D eigenvalue weighted by Crippen LogP contribution is -2.47. The molecule has 25 heavy (non-hydrogen) atoms. The molecule has 0 bridgehead atoms. The summed E-state index contributed by atoms with van der Waals surface area (Å²) >= 11 is 0. The van der Waals surface area contributed by atoms with Gasteiger partial charge in [-0.1, -0.05) is 30.3 Å². The maximum Gasteiger partial charge on any atom is 0.268 e. The fraction of sp³-hybridized carbons (Fsp3) is 0.368. The molecule has 1 saturated heterocycles. The third-order valence-corrected chi connectivity index (χ3v) is 4.41. The Kier molecular flexibility index (Phi) is 5.19. The predicted octanol–water partition coefficient (Wildman–Crippen LogP) is 2.49. The van der Waals surface area contributed by atoms with E-state index in [1.165, 1.54) is 0 Å². The number of hydrogen-bond acceptors (Lipinski definition) is 4. The molecule has 132 valence electrons. The third-order valence-electron chi connectivity index (χ3n) is 4.41. The molecule has 2 N–H and O–H groups in total. The summed E-state index contributed by atoms with van der Waals surface area (Å²) in [5.74, 6) is 0.892. The lowest BCUT2D eigenvalue weighted by Gasteiger charge is -2.24. The number of nitrogens with zero attached hydrogens (tertiary/aromatic N) is 1. The quantitative estimate of drug-likeness (QED) is 0.820. The van der Waals surface area contributed by atoms with Crippen LogP contribution >= 0.6 is 0 Å². The van der Waals surface area contributed by atoms with E-state index in [9.17, 15) is 9.59 Å². The Morgan fingerprint density at radius 3 is 2.40 bits per heavy atom. The summed E-state index contributed by atoms with van der Waals surface area (Å²) in [7, 11) is 0. The fourth-order valence-electron chi connectivity index (χ4n) is 3.11. The average molecular weight is 341 g/mol. The van der Waals surface area contributed by atoms with Crippen LogP contribution in [0.25, 0.3) is 0 Å². The molecule has 1 unspecified atom stereocenters. The molecule has 0 saturated carbocycles. The van der Waals surface area contributed by atoms with Crippen molar-refractivity contribution >= 4 is 11.8 Å². The van der Waals surface area contributed by atoms with Gasteiger partial charge in [0.25, 0.3) is 5.91 Å². The molecule has 1 fully saturated rings. The summed E-state index contributed by atoms with van der Waals surface area (Å²) in [6, 6.07) is 10.5. The molecular weight excluding hydrogens is 318 g/mol. The van der Waals surface area contributed by atoms with Crippen LogP contribution in [-0.4, -0.2) is 29.8 Å². The molecule has 0 aliphatic carbocycles. The van der Waals surface area contributed by atoms with Gasteiger partial charge in [0, 0.05) is 13.1 Å². The highest BCUT2D eigenvalue weighted by molar-refractivity contribution is 5.95. The summed E-state index contributed by atoms with van der Waals surface area (Å²) < 4.78 is 5.39. The van der Waals surface area contributed by atoms with E-state index >= 15 is 0 Å². The van der Waals surface area contributed by atoms with Crippen LogP contribution in [0.2, 0.25) is 0 Å². The molecule has 1 atom stereocenters. The molecule has 1 aromatic carbocycles. The van der Waals surface area contributed by atoms with E-state index in [1.807, 2.05) is 35.2 Å². The van der Waals surface area contributed by atoms with E-state index in [4.69, 9.17) is 4.42 Å². The highest BCUT2D eigenvalue weighted by Crippen LogP contribution is 2.19. The standard InChI is InChI=1S/C19H23N3O3/c1-13-12-16(14(2)25-13)18(23)21-20-17(15-8-4-3-5-9-15)19(24)22-10-6-7-11-22/h3-5,8-9,12,17,20H,6-7,10-11H2,1-2H3,(H,21,23). The topological polar surface area (TPSA) is 74.6 Å². The molecular formula is C19H23N3O3. The second-order valence-corrected chi connectivity index (χ2v) is 6.30. The van der Waals surface area contributed by atoms with Crippen molar-refractivity contribution in [1.82, 2.24) is 15.8 Å². The molecule has 2 amide bonds. The lowest BCUT2D eigenvalue weighted by atomic mass is 10.1. The first kappa shape index (κ1) is 17.2. The van der Waals surface area contributed by atoms with Crippen molar-refractivity contribution in [2.75, 3.05) is 13.1 Å². The van der Waals surface area contributed by atoms with E-state index in [2.05, 4.69) is 10.9 Å². The molecule has 1 aliphatic rings. The zero-order chi connectivity index (χ0) is 17.8. The second kappa shape index (κ2) is 7.53. The molecule has 3 rings (SSSR count). The number of nitrogens with one attached hydrogen (secondary N) is 2. The van der Waals surface area contributed by atoms with Gasteiger partial charge in [0.2, 0.25) is 5.91 Å². The Hall–Kier alpha value is -2.60. The summed E-state index contributed by atoms with van der Waals surface area (Å²) in [6.45, 7) is 5.06. The van der Waals surface area contributed by atoms with Crippen molar-refractivity contribution in [1.29, 1.82) is 0 Å². The summed E-state index contributed by atoms with van der Waals surface area (Å²) in [5.41, 5.74) is 6.86. The minimum atomic E-state index is -0.614. The number of hydrazine groups is 1. The molecule has 0 radical (unpaired) electrons. The predicted molar refractivity (Wildman–Crippen MR) is 93.8 cm³/mol. The number of furan rings is 1. The van der Waals surface area contributed by atoms with Crippen LogP contribution in [0.15, 0.2) is 40.8 Å². The van der Waals surface area contributed by atoms with Gasteiger partial charge in [0.1, 0.15) is 17.6 Å². The maximum atomic E-state index is 12.9. The number of aryl methyl sites for hydroxylation is 2. The van der Waals surface area contributed by atoms with E-state index in [0.29, 0.717) is 17.1 Å². The van der Waals surface area contributed by atoms with Gasteiger partial charge >= 0.3 is 0 Å². The van der Waals surface area contributed by atoms with E-state index in [-0.39, 0.29) is 11.8 Å². The number of rotatable bonds is 5. The van der Waals surface area contributed by atoms with Crippen LogP contribution in [0.4, 0.5) is 0 Å². The average Bonchev–Trinajstić information content (AvgIpc) is 3.25. The fourth-order valence-corrected chi connectivity index (χ4v) is 3.11. The zero-order valence-electron chi connectivity index (χ0n) is 14.5. The number of hydrogen-bond donors (Lipinski definition) is 2. The monoisotopic (exact) mass is 341 g/mol. The smallest absolute Gasteiger partial charge is 0.268 e. The first-order chi connectivity index (χ1) is 12.1. The Morgan fingerprint density at radius 1 is 1.12 bits per heavy atom. The normalized spacial score (nSPS) is 15.2. The maximum absolute atomic E-state index is 12.9. The summed E-state index contributed by atoms with van der Waals surface area (Å²) in [5, 5.41) is 0. The van der Waals surface area contributed by atoms with Crippen molar-refractivity contribution in [3.05, 3.63) is 59.0 Å². The van der Waals surface area contributed by atoms with Crippen LogP contribution in [0.5, 0.6) is 0 Å². The van der Waals surface area contributed by atoms with Crippen molar-refractivity contribution in [2.45, 2.75) is 32.7 Å². The summed E-state index contributed by atoms with van der Waals surface area (Å²) in [6.07, 6.45) is 2.04. The highest BCUT2D eigenvalue weighted by Gasteiger charge is 2.28. The third kappa shape index (κ3) is 3.91. The van der Waals surface area contributed by atoms with Crippen molar-refractivity contribution < 1.29 is 14.0 Å². The van der Waals surface area contributed by atoms with Crippen LogP contribution in [-0.2, 0) is 4.79 Å². The molecule has 2 heterocycles. The number of carbonyl (C=O) groups is 2. The minimum absolute atomic E-state index is 0.0240. The Bertz CT molecular complexity index is 749. The van der Waals surface area contributed by atoms with Crippen LogP contribution < -0.4 is 10.9 Å². The van der Waals surface area contributed by atoms with Crippen molar-refractivity contribution in [3.63, 3.8) is 0 Å². The van der Waals surface area contributed by atoms with Gasteiger partial charge in [0.15, 0.2) is 0 Å². The van der Waals surface area contributed by atoms with Gasteiger partial charge in [-0.05, 0) is 38.3 Å². The molecule has 6 heteroatoms. The number of benzene rings is 1. The zero-order valence-corrected chi connectivity index (χ0v) is 14.5. The van der Waals surface area contributed by atoms with Gasteiger partial charge in [0.05, 0.1) is 5.56 Å². The second-order valence-electron chi connectivity index (χ2n) is 6.30. The molecule has 2 aromatic rings. The van der Waals surface area contributed by atoms with Gasteiger partial charge < -0.3 is 9.32 Å². The van der Waals surface area contributed by atoms with Gasteiger partial charge in [-0.25, -0.2) is 5.43 Å². The minimum Gasteiger partial charge on any atom is -0.466 e. The van der Waals surface area contributed by atoms with Crippen LogP contribution in [0.3, 0.4) is 0 Å². The number of likely N-dealkylation sites (tertiary alicyclic amines) is 1. The first-order valence-electron chi connectivity index (χ1n) is 8.53. The van der Waals surface area contributed by atoms with Gasteiger partial charge in [-0.3, -0.25) is 15.0 Å². The molecule has 0 spiro atoms. The van der Waals surface area contributed by atoms with E-state index in [1.54, 1.807) is 19.9 Å². The number of amides is 2. The van der Waals surface area contributed by atoms with E-state index < -0.39 is 6.04 Å². The van der Waals surface area contributed by atoms with E-state index in [0.717, 1.165) is 31.5 Å². The van der Waals surface area contributed by atoms with Crippen molar-refractivity contribution in [3.8, 4) is 0 Å². The molecule has 6 nitrogen and oxygen atoms in total.